The molecule has 0 saturated heterocycles. The Kier molecular flexibility index (Phi) is 9.52. The van der Waals surface area contributed by atoms with Crippen LogP contribution in [0.15, 0.2) is 72.8 Å². The number of rotatable bonds is 13. The van der Waals surface area contributed by atoms with Gasteiger partial charge in [-0.2, -0.15) is 0 Å². The van der Waals surface area contributed by atoms with Crippen molar-refractivity contribution in [2.45, 2.75) is 39.0 Å². The number of hydrogen-bond acceptors (Lipinski definition) is 4. The number of carbonyl (C=O) groups excluding carboxylic acids is 1. The molecule has 2 N–H and O–H groups in total. The van der Waals surface area contributed by atoms with E-state index in [1.165, 1.54) is 5.56 Å². The standard InChI is InChI=1S/C28H31NO5/c1-2-8-22-12-17-26(34-20-27(30)31)25(19-22)29-28(32)23-13-15-24(16-14-23)33-18-7-6-11-21-9-4-3-5-10-21/h3-5,9-10,12-17,19H,2,6-8,11,18,20H2,1H3,(H,29,32)(H,30,31). The zero-order chi connectivity index (χ0) is 24.2. The molecule has 0 aliphatic heterocycles. The van der Waals surface area contributed by atoms with Crippen molar-refractivity contribution in [1.29, 1.82) is 0 Å². The third-order valence-corrected chi connectivity index (χ3v) is 5.27. The molecule has 3 aromatic rings. The third kappa shape index (κ3) is 7.96. The van der Waals surface area contributed by atoms with Gasteiger partial charge in [-0.15, -0.1) is 0 Å². The largest absolute Gasteiger partial charge is 0.494 e. The average molecular weight is 462 g/mol. The maximum absolute atomic E-state index is 12.8. The molecule has 178 valence electrons. The van der Waals surface area contributed by atoms with Crippen LogP contribution >= 0.6 is 0 Å². The first-order valence-electron chi connectivity index (χ1n) is 11.6. The van der Waals surface area contributed by atoms with Gasteiger partial charge < -0.3 is 19.9 Å². The van der Waals surface area contributed by atoms with Gasteiger partial charge >= 0.3 is 5.97 Å². The zero-order valence-corrected chi connectivity index (χ0v) is 19.5. The van der Waals surface area contributed by atoms with Crippen LogP contribution in [-0.2, 0) is 17.6 Å². The molecule has 3 aromatic carbocycles. The number of benzene rings is 3. The second kappa shape index (κ2) is 13.0. The number of anilines is 1. The Morgan fingerprint density at radius 1 is 0.853 bits per heavy atom. The minimum Gasteiger partial charge on any atom is -0.494 e. The number of carboxylic acids is 1. The van der Waals surface area contributed by atoms with E-state index in [0.717, 1.165) is 37.7 Å². The lowest BCUT2D eigenvalue weighted by molar-refractivity contribution is -0.139. The number of ether oxygens (including phenoxy) is 2. The summed E-state index contributed by atoms with van der Waals surface area (Å²) in [6.45, 7) is 2.21. The van der Waals surface area contributed by atoms with E-state index in [0.29, 0.717) is 29.4 Å². The molecule has 3 rings (SSSR count). The first-order chi connectivity index (χ1) is 16.5. The van der Waals surface area contributed by atoms with Crippen molar-refractivity contribution in [3.8, 4) is 11.5 Å². The van der Waals surface area contributed by atoms with Crippen LogP contribution in [0.25, 0.3) is 0 Å². The molecular weight excluding hydrogens is 430 g/mol. The molecule has 0 bridgehead atoms. The maximum Gasteiger partial charge on any atom is 0.341 e. The van der Waals surface area contributed by atoms with E-state index in [2.05, 4.69) is 36.5 Å². The number of hydrogen-bond donors (Lipinski definition) is 2. The molecule has 0 radical (unpaired) electrons. The number of nitrogens with one attached hydrogen (secondary N) is 1. The third-order valence-electron chi connectivity index (χ3n) is 5.27. The van der Waals surface area contributed by atoms with E-state index in [4.69, 9.17) is 14.6 Å². The minimum atomic E-state index is -1.08. The molecule has 1 amide bonds. The highest BCUT2D eigenvalue weighted by molar-refractivity contribution is 6.05. The molecular formula is C28H31NO5. The molecule has 0 spiro atoms. The smallest absolute Gasteiger partial charge is 0.341 e. The van der Waals surface area contributed by atoms with E-state index in [9.17, 15) is 9.59 Å². The molecule has 6 nitrogen and oxygen atoms in total. The Morgan fingerprint density at radius 3 is 2.32 bits per heavy atom. The fourth-order valence-electron chi connectivity index (χ4n) is 3.55. The summed E-state index contributed by atoms with van der Waals surface area (Å²) in [7, 11) is 0. The second-order valence-corrected chi connectivity index (χ2v) is 8.03. The van der Waals surface area contributed by atoms with Gasteiger partial charge in [0.05, 0.1) is 12.3 Å². The summed E-state index contributed by atoms with van der Waals surface area (Å²) in [5.74, 6) is -0.341. The molecule has 0 heterocycles. The Labute approximate surface area is 200 Å². The van der Waals surface area contributed by atoms with E-state index in [1.807, 2.05) is 18.2 Å². The molecule has 0 atom stereocenters. The van der Waals surface area contributed by atoms with Crippen molar-refractivity contribution in [3.63, 3.8) is 0 Å². The summed E-state index contributed by atoms with van der Waals surface area (Å²) < 4.78 is 11.2. The summed E-state index contributed by atoms with van der Waals surface area (Å²) >= 11 is 0. The zero-order valence-electron chi connectivity index (χ0n) is 19.5. The molecule has 0 aliphatic carbocycles. The van der Waals surface area contributed by atoms with Crippen LogP contribution in [0.2, 0.25) is 0 Å². The van der Waals surface area contributed by atoms with Gasteiger partial charge in [-0.05, 0) is 73.2 Å². The van der Waals surface area contributed by atoms with Gasteiger partial charge in [0.15, 0.2) is 6.61 Å². The molecule has 34 heavy (non-hydrogen) atoms. The van der Waals surface area contributed by atoms with Crippen LogP contribution in [0, 0.1) is 0 Å². The number of aliphatic carboxylic acids is 1. The Morgan fingerprint density at radius 2 is 1.62 bits per heavy atom. The highest BCUT2D eigenvalue weighted by Crippen LogP contribution is 2.27. The summed E-state index contributed by atoms with van der Waals surface area (Å²) in [6.07, 6.45) is 4.83. The van der Waals surface area contributed by atoms with Crippen molar-refractivity contribution in [1.82, 2.24) is 0 Å². The normalized spacial score (nSPS) is 10.5. The number of carbonyl (C=O) groups is 2. The predicted octanol–water partition coefficient (Wildman–Crippen LogP) is 5.76. The van der Waals surface area contributed by atoms with Crippen molar-refractivity contribution >= 4 is 17.6 Å². The summed E-state index contributed by atoms with van der Waals surface area (Å²) in [5, 5.41) is 11.8. The fourth-order valence-corrected chi connectivity index (χ4v) is 3.55. The van der Waals surface area contributed by atoms with Crippen LogP contribution in [0.5, 0.6) is 11.5 Å². The lowest BCUT2D eigenvalue weighted by Crippen LogP contribution is -2.15. The molecule has 0 aromatic heterocycles. The second-order valence-electron chi connectivity index (χ2n) is 8.03. The van der Waals surface area contributed by atoms with Gasteiger partial charge in [-0.25, -0.2) is 4.79 Å². The summed E-state index contributed by atoms with van der Waals surface area (Å²) in [6, 6.07) is 22.8. The van der Waals surface area contributed by atoms with Gasteiger partial charge in [0, 0.05) is 5.56 Å². The van der Waals surface area contributed by atoms with Crippen LogP contribution in [0.4, 0.5) is 5.69 Å². The van der Waals surface area contributed by atoms with Gasteiger partial charge in [0.2, 0.25) is 0 Å². The maximum atomic E-state index is 12.8. The van der Waals surface area contributed by atoms with E-state index < -0.39 is 12.6 Å². The minimum absolute atomic E-state index is 0.303. The van der Waals surface area contributed by atoms with Gasteiger partial charge in [-0.1, -0.05) is 49.7 Å². The van der Waals surface area contributed by atoms with Gasteiger partial charge in [0.1, 0.15) is 11.5 Å². The van der Waals surface area contributed by atoms with Gasteiger partial charge in [-0.3, -0.25) is 4.79 Å². The highest BCUT2D eigenvalue weighted by atomic mass is 16.5. The molecule has 0 fully saturated rings. The Hall–Kier alpha value is -3.80. The fraction of sp³-hybridized carbons (Fsp3) is 0.286. The molecule has 0 unspecified atom stereocenters. The lowest BCUT2D eigenvalue weighted by atomic mass is 10.1. The molecule has 6 heteroatoms. The van der Waals surface area contributed by atoms with Crippen molar-refractivity contribution in [3.05, 3.63) is 89.5 Å². The quantitative estimate of drug-likeness (QED) is 0.316. The number of carboxylic acid groups (broad SMARTS) is 1. The highest BCUT2D eigenvalue weighted by Gasteiger charge is 2.12. The van der Waals surface area contributed by atoms with Crippen molar-refractivity contribution in [2.75, 3.05) is 18.5 Å². The molecule has 0 saturated carbocycles. The Bertz CT molecular complexity index is 1060. The summed E-state index contributed by atoms with van der Waals surface area (Å²) in [5.41, 5.74) is 3.29. The first kappa shape index (κ1) is 24.8. The number of aryl methyl sites for hydroxylation is 2. The van der Waals surface area contributed by atoms with E-state index in [1.54, 1.807) is 30.3 Å². The van der Waals surface area contributed by atoms with Crippen LogP contribution in [0.3, 0.4) is 0 Å². The lowest BCUT2D eigenvalue weighted by Gasteiger charge is -2.13. The topological polar surface area (TPSA) is 84.9 Å². The van der Waals surface area contributed by atoms with E-state index >= 15 is 0 Å². The average Bonchev–Trinajstić information content (AvgIpc) is 2.84. The van der Waals surface area contributed by atoms with Crippen LogP contribution in [0.1, 0.15) is 47.7 Å². The summed E-state index contributed by atoms with van der Waals surface area (Å²) in [4.78, 5) is 23.7. The van der Waals surface area contributed by atoms with Gasteiger partial charge in [0.25, 0.3) is 5.91 Å². The Balaban J connectivity index is 1.53. The predicted molar refractivity (Wildman–Crippen MR) is 133 cm³/mol. The molecule has 0 aliphatic rings. The number of unbranched alkanes of at least 4 members (excludes halogenated alkanes) is 1. The first-order valence-corrected chi connectivity index (χ1v) is 11.6. The van der Waals surface area contributed by atoms with Crippen molar-refractivity contribution < 1.29 is 24.2 Å². The van der Waals surface area contributed by atoms with Crippen LogP contribution in [-0.4, -0.2) is 30.2 Å². The van der Waals surface area contributed by atoms with Crippen LogP contribution < -0.4 is 14.8 Å². The SMILES string of the molecule is CCCc1ccc(OCC(=O)O)c(NC(=O)c2ccc(OCCCCc3ccccc3)cc2)c1. The van der Waals surface area contributed by atoms with E-state index in [-0.39, 0.29) is 5.91 Å². The van der Waals surface area contributed by atoms with Crippen molar-refractivity contribution in [2.24, 2.45) is 0 Å². The number of amides is 1. The monoisotopic (exact) mass is 461 g/mol.